The Morgan fingerprint density at radius 3 is 0.952 bits per heavy atom. The third-order valence-electron chi connectivity index (χ3n) is 8.03. The van der Waals surface area contributed by atoms with Gasteiger partial charge in [-0.15, -0.1) is 23.9 Å². The summed E-state index contributed by atoms with van der Waals surface area (Å²) in [6.07, 6.45) is 13.2. The normalized spacial score (nSPS) is 12.4. The molecule has 0 N–H and O–H groups in total. The summed E-state index contributed by atoms with van der Waals surface area (Å²) in [7, 11) is -4.11. The monoisotopic (exact) mass is 596 g/mol. The second-order valence-corrected chi connectivity index (χ2v) is 22.4. The Morgan fingerprint density at radius 2 is 0.786 bits per heavy atom. The Hall–Kier alpha value is -3.83. The van der Waals surface area contributed by atoms with Crippen LogP contribution in [0.3, 0.4) is 0 Å². The molecule has 1 aromatic carbocycles. The molecule has 0 aliphatic carbocycles. The molecule has 3 aromatic rings. The van der Waals surface area contributed by atoms with E-state index in [0.717, 1.165) is 9.13 Å². The summed E-state index contributed by atoms with van der Waals surface area (Å²) in [5.41, 5.74) is 1.80. The second-order valence-electron chi connectivity index (χ2n) is 12.9. The molecule has 0 aliphatic rings. The molecule has 0 amide bonds. The first-order valence-electron chi connectivity index (χ1n) is 14.5. The number of terminal acetylenes is 2. The van der Waals surface area contributed by atoms with Gasteiger partial charge in [0.2, 0.25) is 0 Å². The lowest BCUT2D eigenvalue weighted by Gasteiger charge is -2.26. The fraction of sp³-hybridized carbons (Fsp3) is 0.471. The van der Waals surface area contributed by atoms with Gasteiger partial charge in [0, 0.05) is 0 Å². The minimum Gasteiger partial charge on any atom is -0.268 e. The molecule has 0 aliphatic heterocycles. The zero-order chi connectivity index (χ0) is 32.0. The van der Waals surface area contributed by atoms with Crippen LogP contribution in [0.25, 0.3) is 21.5 Å². The number of aromatic nitrogens is 2. The fourth-order valence-corrected chi connectivity index (χ4v) is 6.43. The van der Waals surface area contributed by atoms with Crippen molar-refractivity contribution in [3.05, 3.63) is 52.5 Å². The predicted octanol–water partition coefficient (Wildman–Crippen LogP) is 4.67. The summed E-state index contributed by atoms with van der Waals surface area (Å²) in [6, 6.07) is 0. The molecule has 0 saturated heterocycles. The van der Waals surface area contributed by atoms with E-state index >= 15 is 0 Å². The van der Waals surface area contributed by atoms with Crippen LogP contribution in [0.15, 0.2) is 19.2 Å². The van der Waals surface area contributed by atoms with Gasteiger partial charge in [-0.1, -0.05) is 90.7 Å². The number of nitrogens with zero attached hydrogens (tertiary/aromatic N) is 2. The van der Waals surface area contributed by atoms with Crippen LogP contribution in [0.1, 0.15) is 64.5 Å². The Bertz CT molecular complexity index is 1780. The van der Waals surface area contributed by atoms with E-state index in [1.807, 2.05) is 67.0 Å². The van der Waals surface area contributed by atoms with E-state index in [2.05, 4.69) is 34.8 Å². The van der Waals surface area contributed by atoms with Gasteiger partial charge in [-0.3, -0.25) is 28.3 Å². The molecule has 3 rings (SSSR count). The number of rotatable bonds is 6. The standard InChI is InChI=1S/C34H40N2O4Si2/c1-13-33(14-2,15-3)35-29(37)25-23(19-21-41(7,8)9)27-28(24(26(25)30(35)38)20-22-42(10,11)12)32(40)36(31(27)39)34(16-4,17-5)18-6/h1,4H,14-15,17-18H2,2-3,5-12H3. The van der Waals surface area contributed by atoms with Crippen LogP contribution >= 0.6 is 0 Å². The molecule has 6 nitrogen and oxygen atoms in total. The van der Waals surface area contributed by atoms with Gasteiger partial charge in [0.25, 0.3) is 22.2 Å². The number of fused-ring (bicyclic) bond motifs is 2. The maximum Gasteiger partial charge on any atom is 0.264 e. The van der Waals surface area contributed by atoms with Crippen molar-refractivity contribution in [2.75, 3.05) is 0 Å². The highest BCUT2D eigenvalue weighted by Gasteiger charge is 2.38. The molecule has 0 bridgehead atoms. The van der Waals surface area contributed by atoms with Gasteiger partial charge in [0.1, 0.15) is 27.2 Å². The van der Waals surface area contributed by atoms with Crippen molar-refractivity contribution in [3.63, 3.8) is 0 Å². The molecule has 2 aromatic heterocycles. The first-order chi connectivity index (χ1) is 19.4. The molecule has 0 fully saturated rings. The van der Waals surface area contributed by atoms with Crippen LogP contribution in [-0.2, 0) is 11.1 Å². The van der Waals surface area contributed by atoms with Crippen molar-refractivity contribution in [2.45, 2.75) is 104 Å². The first-order valence-corrected chi connectivity index (χ1v) is 21.5. The van der Waals surface area contributed by atoms with Crippen molar-refractivity contribution in [1.29, 1.82) is 0 Å². The quantitative estimate of drug-likeness (QED) is 0.306. The first kappa shape index (κ1) is 32.7. The summed E-state index contributed by atoms with van der Waals surface area (Å²) in [4.78, 5) is 57.3. The van der Waals surface area contributed by atoms with Crippen LogP contribution in [-0.4, -0.2) is 25.3 Å². The van der Waals surface area contributed by atoms with Gasteiger partial charge >= 0.3 is 0 Å². The Morgan fingerprint density at radius 1 is 0.548 bits per heavy atom. The summed E-state index contributed by atoms with van der Waals surface area (Å²) in [5, 5.41) is -0.0252. The van der Waals surface area contributed by atoms with E-state index < -0.39 is 49.5 Å². The topological polar surface area (TPSA) is 78.1 Å². The van der Waals surface area contributed by atoms with Crippen LogP contribution in [0.2, 0.25) is 39.3 Å². The third-order valence-corrected chi connectivity index (χ3v) is 9.78. The fourth-order valence-electron chi connectivity index (χ4n) is 5.43. The Balaban J connectivity index is 2.96. The lowest BCUT2D eigenvalue weighted by molar-refractivity contribution is 0.346. The van der Waals surface area contributed by atoms with E-state index in [0.29, 0.717) is 25.7 Å². The van der Waals surface area contributed by atoms with Gasteiger partial charge in [-0.05, 0) is 25.7 Å². The largest absolute Gasteiger partial charge is 0.268 e. The van der Waals surface area contributed by atoms with Crippen LogP contribution < -0.4 is 22.2 Å². The van der Waals surface area contributed by atoms with Crippen molar-refractivity contribution in [3.8, 4) is 47.6 Å². The maximum atomic E-state index is 14.3. The van der Waals surface area contributed by atoms with E-state index in [1.54, 1.807) is 0 Å². The minimum absolute atomic E-state index is 0.00629. The van der Waals surface area contributed by atoms with Crippen LogP contribution in [0.4, 0.5) is 0 Å². The Kier molecular flexibility index (Phi) is 8.64. The molecule has 0 radical (unpaired) electrons. The zero-order valence-electron chi connectivity index (χ0n) is 26.5. The smallest absolute Gasteiger partial charge is 0.264 e. The van der Waals surface area contributed by atoms with Crippen LogP contribution in [0.5, 0.6) is 0 Å². The highest BCUT2D eigenvalue weighted by Crippen LogP contribution is 2.31. The molecule has 2 heterocycles. The van der Waals surface area contributed by atoms with Gasteiger partial charge in [-0.2, -0.15) is 0 Å². The van der Waals surface area contributed by atoms with Crippen LogP contribution in [0, 0.1) is 47.6 Å². The summed E-state index contributed by atoms with van der Waals surface area (Å²) in [5.74, 6) is 11.6. The van der Waals surface area contributed by atoms with Gasteiger partial charge in [0.15, 0.2) is 0 Å². The third kappa shape index (κ3) is 5.05. The zero-order valence-corrected chi connectivity index (χ0v) is 28.5. The van der Waals surface area contributed by atoms with E-state index in [1.165, 1.54) is 0 Å². The number of hydrogen-bond donors (Lipinski definition) is 0. The average molecular weight is 597 g/mol. The highest BCUT2D eigenvalue weighted by molar-refractivity contribution is 6.84. The molecule has 0 saturated carbocycles. The average Bonchev–Trinajstić information content (AvgIpc) is 3.34. The second kappa shape index (κ2) is 11.1. The highest BCUT2D eigenvalue weighted by atomic mass is 28.3. The summed E-state index contributed by atoms with van der Waals surface area (Å²) in [6.45, 7) is 19.5. The molecule has 42 heavy (non-hydrogen) atoms. The molecular weight excluding hydrogens is 557 g/mol. The summed E-state index contributed by atoms with van der Waals surface area (Å²) >= 11 is 0. The van der Waals surface area contributed by atoms with Gasteiger partial charge in [0.05, 0.1) is 32.7 Å². The lowest BCUT2D eigenvalue weighted by Crippen LogP contribution is -2.44. The van der Waals surface area contributed by atoms with E-state index in [-0.39, 0.29) is 32.7 Å². The van der Waals surface area contributed by atoms with Crippen molar-refractivity contribution in [1.82, 2.24) is 9.13 Å². The predicted molar refractivity (Wildman–Crippen MR) is 180 cm³/mol. The molecule has 0 unspecified atom stereocenters. The molecule has 0 spiro atoms. The van der Waals surface area contributed by atoms with E-state index in [9.17, 15) is 19.2 Å². The number of benzene rings is 1. The van der Waals surface area contributed by atoms with E-state index in [4.69, 9.17) is 12.8 Å². The van der Waals surface area contributed by atoms with Crippen molar-refractivity contribution < 1.29 is 0 Å². The minimum atomic E-state index is -2.05. The number of hydrogen-bond acceptors (Lipinski definition) is 4. The molecule has 8 heteroatoms. The lowest BCUT2D eigenvalue weighted by atomic mass is 9.93. The Labute approximate surface area is 250 Å². The molecular formula is C34H40N2O4Si2. The van der Waals surface area contributed by atoms with Crippen molar-refractivity contribution in [2.24, 2.45) is 0 Å². The maximum absolute atomic E-state index is 14.3. The molecule has 218 valence electrons. The van der Waals surface area contributed by atoms with Gasteiger partial charge < -0.3 is 0 Å². The molecule has 0 atom stereocenters. The van der Waals surface area contributed by atoms with Gasteiger partial charge in [-0.25, -0.2) is 0 Å². The SMILES string of the molecule is C#CC(CC)(CC)n1c(=O)c2c(C#C[Si](C)(C)C)c3c(=O)n(C(C#C)(CC)CC)c(=O)c3c(C#C[Si](C)(C)C)c2c1=O. The summed E-state index contributed by atoms with van der Waals surface area (Å²) < 4.78 is 2.23. The van der Waals surface area contributed by atoms with Crippen molar-refractivity contribution >= 4 is 37.7 Å².